The van der Waals surface area contributed by atoms with Crippen LogP contribution in [0.5, 0.6) is 0 Å². The smallest absolute Gasteiger partial charge is 0.177 e. The Bertz CT molecular complexity index is 728. The molecule has 1 spiro atoms. The second-order valence-corrected chi connectivity index (χ2v) is 7.05. The molecule has 1 aromatic heterocycles. The Kier molecular flexibility index (Phi) is 3.28. The van der Waals surface area contributed by atoms with Crippen LogP contribution in [0.4, 0.5) is 0 Å². The molecule has 118 valence electrons. The number of rotatable bonds is 1. The number of allylic oxidation sites excluding steroid dienone is 1. The molecular weight excluding hydrogens is 288 g/mol. The maximum Gasteiger partial charge on any atom is 0.177 e. The monoisotopic (exact) mass is 308 g/mol. The van der Waals surface area contributed by atoms with E-state index in [-0.39, 0.29) is 11.9 Å². The normalized spacial score (nSPS) is 23.5. The Hall–Kier alpha value is -2.12. The summed E-state index contributed by atoms with van der Waals surface area (Å²) in [5, 5.41) is 9.62. The molecule has 0 unspecified atom stereocenters. The van der Waals surface area contributed by atoms with Crippen molar-refractivity contribution in [3.63, 3.8) is 0 Å². The summed E-state index contributed by atoms with van der Waals surface area (Å²) in [6.45, 7) is 1.78. The number of ketones is 1. The zero-order valence-electron chi connectivity index (χ0n) is 13.1. The van der Waals surface area contributed by atoms with E-state index in [1.165, 1.54) is 0 Å². The van der Waals surface area contributed by atoms with Gasteiger partial charge in [0.1, 0.15) is 0 Å². The molecule has 0 radical (unpaired) electrons. The van der Waals surface area contributed by atoms with Gasteiger partial charge in [-0.2, -0.15) is 0 Å². The van der Waals surface area contributed by atoms with Crippen molar-refractivity contribution in [3.05, 3.63) is 35.2 Å². The molecule has 2 heterocycles. The van der Waals surface area contributed by atoms with Crippen LogP contribution in [0.15, 0.2) is 24.0 Å². The lowest BCUT2D eigenvalue weighted by Gasteiger charge is -2.51. The molecule has 23 heavy (non-hydrogen) atoms. The highest BCUT2D eigenvalue weighted by molar-refractivity contribution is 6.10. The minimum absolute atomic E-state index is 0.0161. The van der Waals surface area contributed by atoms with E-state index < -0.39 is 0 Å². The quantitative estimate of drug-likeness (QED) is 0.804. The van der Waals surface area contributed by atoms with Crippen molar-refractivity contribution in [2.75, 3.05) is 13.1 Å². The number of carbonyl (C=O) groups is 1. The summed E-state index contributed by atoms with van der Waals surface area (Å²) >= 11 is 0. The molecule has 1 N–H and O–H groups in total. The van der Waals surface area contributed by atoms with Crippen LogP contribution < -0.4 is 0 Å². The highest BCUT2D eigenvalue weighted by Crippen LogP contribution is 2.50. The largest absolute Gasteiger partial charge is 0.393 e. The van der Waals surface area contributed by atoms with Crippen molar-refractivity contribution < 1.29 is 9.90 Å². The second-order valence-electron chi connectivity index (χ2n) is 7.05. The van der Waals surface area contributed by atoms with Gasteiger partial charge in [-0.05, 0) is 42.7 Å². The summed E-state index contributed by atoms with van der Waals surface area (Å²) in [5.74, 6) is 2.64. The van der Waals surface area contributed by atoms with Gasteiger partial charge in [0.05, 0.1) is 17.4 Å². The lowest BCUT2D eigenvalue weighted by Crippen LogP contribution is -2.49. The Morgan fingerprint density at radius 3 is 2.74 bits per heavy atom. The zero-order chi connectivity index (χ0) is 16.0. The van der Waals surface area contributed by atoms with Crippen molar-refractivity contribution in [3.8, 4) is 12.3 Å². The molecule has 0 amide bonds. The lowest BCUT2D eigenvalue weighted by molar-refractivity contribution is -0.114. The minimum atomic E-state index is -0.120. The van der Waals surface area contributed by atoms with Crippen LogP contribution in [-0.4, -0.2) is 40.0 Å². The summed E-state index contributed by atoms with van der Waals surface area (Å²) in [7, 11) is 0. The van der Waals surface area contributed by atoms with Gasteiger partial charge in [0.25, 0.3) is 0 Å². The standard InChI is InChI=1S/C19H20N2O2/c1-2-15-17(23)9-13-12-20-6-3-16(13)18(15)21-7-4-19(5-8-21)10-14(22)11-19/h1,3,6,12,14,22H,4-5,7-11H2. The van der Waals surface area contributed by atoms with Crippen LogP contribution in [0, 0.1) is 17.8 Å². The molecule has 1 saturated carbocycles. The molecule has 4 nitrogen and oxygen atoms in total. The van der Waals surface area contributed by atoms with Gasteiger partial charge in [-0.1, -0.05) is 5.92 Å². The van der Waals surface area contributed by atoms with Crippen molar-refractivity contribution in [2.24, 2.45) is 5.41 Å². The Morgan fingerprint density at radius 1 is 1.35 bits per heavy atom. The van der Waals surface area contributed by atoms with Crippen LogP contribution in [0.3, 0.4) is 0 Å². The first-order valence-corrected chi connectivity index (χ1v) is 8.22. The fraction of sp³-hybridized carbons (Fsp3) is 0.474. The number of carbonyl (C=O) groups excluding carboxylic acids is 1. The molecule has 2 fully saturated rings. The van der Waals surface area contributed by atoms with Gasteiger partial charge in [0.2, 0.25) is 0 Å². The van der Waals surface area contributed by atoms with Gasteiger partial charge in [0, 0.05) is 37.5 Å². The van der Waals surface area contributed by atoms with Gasteiger partial charge < -0.3 is 10.0 Å². The number of fused-ring (bicyclic) bond motifs is 1. The summed E-state index contributed by atoms with van der Waals surface area (Å²) in [6, 6.07) is 1.96. The van der Waals surface area contributed by atoms with E-state index in [1.807, 2.05) is 6.07 Å². The van der Waals surface area contributed by atoms with Crippen LogP contribution in [-0.2, 0) is 11.2 Å². The van der Waals surface area contributed by atoms with E-state index >= 15 is 0 Å². The first-order chi connectivity index (χ1) is 11.1. The van der Waals surface area contributed by atoms with E-state index in [0.29, 0.717) is 17.4 Å². The number of terminal acetylenes is 1. The molecule has 0 bridgehead atoms. The van der Waals surface area contributed by atoms with Crippen molar-refractivity contribution in [2.45, 2.75) is 38.2 Å². The van der Waals surface area contributed by atoms with Crippen LogP contribution in [0.2, 0.25) is 0 Å². The maximum absolute atomic E-state index is 12.4. The first-order valence-electron chi connectivity index (χ1n) is 8.22. The van der Waals surface area contributed by atoms with Crippen molar-refractivity contribution >= 4 is 11.5 Å². The predicted molar refractivity (Wildman–Crippen MR) is 87.2 cm³/mol. The molecule has 4 rings (SSSR count). The molecule has 0 atom stereocenters. The van der Waals surface area contributed by atoms with Crippen LogP contribution in [0.25, 0.3) is 5.70 Å². The van der Waals surface area contributed by atoms with Crippen molar-refractivity contribution in [1.82, 2.24) is 9.88 Å². The average Bonchev–Trinajstić information content (AvgIpc) is 2.53. The first kappa shape index (κ1) is 14.5. The number of nitrogens with zero attached hydrogens (tertiary/aromatic N) is 2. The number of Topliss-reactive ketones (excluding diaryl/α,β-unsaturated/α-hetero) is 1. The number of aliphatic hydroxyl groups excluding tert-OH is 1. The number of likely N-dealkylation sites (tertiary alicyclic amines) is 1. The number of aliphatic hydroxyl groups is 1. The summed E-state index contributed by atoms with van der Waals surface area (Å²) in [4.78, 5) is 18.8. The average molecular weight is 308 g/mol. The predicted octanol–water partition coefficient (Wildman–Crippen LogP) is 1.79. The van der Waals surface area contributed by atoms with Gasteiger partial charge >= 0.3 is 0 Å². The molecule has 1 aromatic rings. The van der Waals surface area contributed by atoms with E-state index in [1.54, 1.807) is 12.4 Å². The van der Waals surface area contributed by atoms with E-state index in [2.05, 4.69) is 15.8 Å². The minimum Gasteiger partial charge on any atom is -0.393 e. The number of hydrogen-bond acceptors (Lipinski definition) is 4. The van der Waals surface area contributed by atoms with Gasteiger partial charge in [-0.25, -0.2) is 0 Å². The molecule has 3 aliphatic rings. The topological polar surface area (TPSA) is 53.4 Å². The number of pyridine rings is 1. The Labute approximate surface area is 136 Å². The molecule has 2 aliphatic carbocycles. The van der Waals surface area contributed by atoms with Gasteiger partial charge in [-0.3, -0.25) is 9.78 Å². The van der Waals surface area contributed by atoms with E-state index in [9.17, 15) is 9.90 Å². The fourth-order valence-corrected chi connectivity index (χ4v) is 4.36. The zero-order valence-corrected chi connectivity index (χ0v) is 13.1. The number of piperidine rings is 1. The third kappa shape index (κ3) is 2.27. The van der Waals surface area contributed by atoms with Gasteiger partial charge in [0.15, 0.2) is 5.78 Å². The fourth-order valence-electron chi connectivity index (χ4n) is 4.36. The van der Waals surface area contributed by atoms with Gasteiger partial charge in [-0.15, -0.1) is 6.42 Å². The number of hydrogen-bond donors (Lipinski definition) is 1. The van der Waals surface area contributed by atoms with E-state index in [4.69, 9.17) is 6.42 Å². The molecule has 1 saturated heterocycles. The molecule has 1 aliphatic heterocycles. The molecule has 4 heteroatoms. The van der Waals surface area contributed by atoms with Crippen molar-refractivity contribution in [1.29, 1.82) is 0 Å². The molecular formula is C19H20N2O2. The molecule has 0 aromatic carbocycles. The van der Waals surface area contributed by atoms with Crippen LogP contribution >= 0.6 is 0 Å². The Balaban J connectivity index is 1.66. The number of aromatic nitrogens is 1. The third-order valence-corrected chi connectivity index (χ3v) is 5.65. The second kappa shape index (κ2) is 5.21. The summed E-state index contributed by atoms with van der Waals surface area (Å²) < 4.78 is 0. The summed E-state index contributed by atoms with van der Waals surface area (Å²) in [6.07, 6.45) is 13.4. The highest BCUT2D eigenvalue weighted by atomic mass is 16.3. The highest BCUT2D eigenvalue weighted by Gasteiger charge is 2.45. The Morgan fingerprint density at radius 2 is 2.09 bits per heavy atom. The lowest BCUT2D eigenvalue weighted by atomic mass is 9.61. The van der Waals surface area contributed by atoms with Crippen LogP contribution in [0.1, 0.15) is 36.8 Å². The SMILES string of the molecule is C#CC1=C(N2CCC3(CC2)CC(O)C3)c2ccncc2CC1=O. The maximum atomic E-state index is 12.4. The summed E-state index contributed by atoms with van der Waals surface area (Å²) in [5.41, 5.74) is 3.75. The third-order valence-electron chi connectivity index (χ3n) is 5.65. The van der Waals surface area contributed by atoms with E-state index in [0.717, 1.165) is 55.6 Å².